The number of hydrogen-bond donors (Lipinski definition) is 0. The van der Waals surface area contributed by atoms with E-state index in [1.54, 1.807) is 11.3 Å². The summed E-state index contributed by atoms with van der Waals surface area (Å²) in [5.74, 6) is 5.51. The van der Waals surface area contributed by atoms with Crippen LogP contribution < -0.4 is 0 Å². The van der Waals surface area contributed by atoms with E-state index in [1.807, 2.05) is 6.07 Å². The lowest BCUT2D eigenvalue weighted by atomic mass is 10.3. The lowest BCUT2D eigenvalue weighted by molar-refractivity contribution is 1.41. The molecule has 0 amide bonds. The van der Waals surface area contributed by atoms with Gasteiger partial charge in [0.15, 0.2) is 0 Å². The summed E-state index contributed by atoms with van der Waals surface area (Å²) in [5.41, 5.74) is 0. The van der Waals surface area contributed by atoms with Gasteiger partial charge in [-0.15, -0.1) is 17.3 Å². The fourth-order valence-corrected chi connectivity index (χ4v) is 1.21. The lowest BCUT2D eigenvalue weighted by Gasteiger charge is -1.80. The predicted octanol–water partition coefficient (Wildman–Crippen LogP) is 2.13. The van der Waals surface area contributed by atoms with Crippen molar-refractivity contribution in [2.45, 2.75) is 6.42 Å². The summed E-state index contributed by atoms with van der Waals surface area (Å²) < 4.78 is 0. The zero-order valence-corrected chi connectivity index (χ0v) is 5.87. The normalized spacial score (nSPS) is 8.11. The molecule has 0 unspecified atom stereocenters. The summed E-state index contributed by atoms with van der Waals surface area (Å²) in [7, 11) is 0. The van der Waals surface area contributed by atoms with Gasteiger partial charge in [-0.2, -0.15) is 0 Å². The van der Waals surface area contributed by atoms with Crippen molar-refractivity contribution in [1.82, 2.24) is 0 Å². The standard InChI is InChI=1S/C8H7S/c1-2-3-5-8-6-4-7-9-8/h4,6-7H,1,5H2. The molecule has 1 heterocycles. The molecule has 1 heteroatoms. The second kappa shape index (κ2) is 3.32. The van der Waals surface area contributed by atoms with Crippen LogP contribution in [0.15, 0.2) is 17.5 Å². The van der Waals surface area contributed by atoms with Crippen molar-refractivity contribution in [3.05, 3.63) is 29.3 Å². The predicted molar refractivity (Wildman–Crippen MR) is 41.2 cm³/mol. The molecule has 0 aliphatic carbocycles. The van der Waals surface area contributed by atoms with Crippen LogP contribution in [0.1, 0.15) is 4.88 Å². The summed E-state index contributed by atoms with van der Waals surface area (Å²) in [4.78, 5) is 1.31. The Morgan fingerprint density at radius 1 is 1.67 bits per heavy atom. The van der Waals surface area contributed by atoms with E-state index in [4.69, 9.17) is 0 Å². The Hall–Kier alpha value is -0.740. The van der Waals surface area contributed by atoms with Gasteiger partial charge < -0.3 is 0 Å². The number of rotatable bonds is 1. The molecule has 0 aromatic carbocycles. The second-order valence-corrected chi connectivity index (χ2v) is 2.64. The molecule has 9 heavy (non-hydrogen) atoms. The van der Waals surface area contributed by atoms with Crippen molar-refractivity contribution in [3.63, 3.8) is 0 Å². The SMILES string of the molecule is [CH2]C#CCc1cccs1. The van der Waals surface area contributed by atoms with Gasteiger partial charge >= 0.3 is 0 Å². The topological polar surface area (TPSA) is 0 Å². The lowest BCUT2D eigenvalue weighted by Crippen LogP contribution is -1.69. The Morgan fingerprint density at radius 3 is 3.11 bits per heavy atom. The molecule has 0 spiro atoms. The highest BCUT2D eigenvalue weighted by Crippen LogP contribution is 2.07. The first-order chi connectivity index (χ1) is 4.43. The molecule has 0 saturated carbocycles. The van der Waals surface area contributed by atoms with Crippen LogP contribution in [0.5, 0.6) is 0 Å². The van der Waals surface area contributed by atoms with Crippen LogP contribution in [0, 0.1) is 18.8 Å². The Kier molecular flexibility index (Phi) is 2.35. The van der Waals surface area contributed by atoms with Crippen LogP contribution in [-0.4, -0.2) is 0 Å². The van der Waals surface area contributed by atoms with Gasteiger partial charge in [0, 0.05) is 18.2 Å². The van der Waals surface area contributed by atoms with E-state index in [0.29, 0.717) is 0 Å². The van der Waals surface area contributed by atoms with E-state index in [1.165, 1.54) is 4.88 Å². The number of thiophene rings is 1. The maximum Gasteiger partial charge on any atom is 0.0434 e. The van der Waals surface area contributed by atoms with Gasteiger partial charge in [-0.05, 0) is 11.4 Å². The van der Waals surface area contributed by atoms with Gasteiger partial charge in [0.2, 0.25) is 0 Å². The fourth-order valence-electron chi connectivity index (χ4n) is 0.563. The van der Waals surface area contributed by atoms with Crippen molar-refractivity contribution < 1.29 is 0 Å². The monoisotopic (exact) mass is 135 g/mol. The van der Waals surface area contributed by atoms with E-state index < -0.39 is 0 Å². The smallest absolute Gasteiger partial charge is 0.0434 e. The molecular formula is C8H7S. The van der Waals surface area contributed by atoms with Crippen molar-refractivity contribution in [3.8, 4) is 11.8 Å². The zero-order chi connectivity index (χ0) is 6.53. The quantitative estimate of drug-likeness (QED) is 0.517. The highest BCUT2D eigenvalue weighted by molar-refractivity contribution is 7.09. The molecular weight excluding hydrogens is 128 g/mol. The maximum atomic E-state index is 3.43. The highest BCUT2D eigenvalue weighted by atomic mass is 32.1. The van der Waals surface area contributed by atoms with E-state index in [9.17, 15) is 0 Å². The molecule has 0 aliphatic rings. The molecule has 0 atom stereocenters. The summed E-state index contributed by atoms with van der Waals surface area (Å²) in [6.45, 7) is 3.43. The van der Waals surface area contributed by atoms with Crippen LogP contribution in [0.4, 0.5) is 0 Å². The van der Waals surface area contributed by atoms with Crippen molar-refractivity contribution in [1.29, 1.82) is 0 Å². The third-order valence-electron chi connectivity index (χ3n) is 0.968. The summed E-state index contributed by atoms with van der Waals surface area (Å²) >= 11 is 1.73. The minimum Gasteiger partial charge on any atom is -0.148 e. The molecule has 1 radical (unpaired) electrons. The molecule has 0 bridgehead atoms. The van der Waals surface area contributed by atoms with E-state index in [0.717, 1.165) is 6.42 Å². The number of hydrogen-bond acceptors (Lipinski definition) is 1. The molecule has 0 nitrogen and oxygen atoms in total. The minimum atomic E-state index is 0.848. The first kappa shape index (κ1) is 6.38. The van der Waals surface area contributed by atoms with Gasteiger partial charge in [-0.25, -0.2) is 0 Å². The zero-order valence-electron chi connectivity index (χ0n) is 5.05. The van der Waals surface area contributed by atoms with E-state index in [2.05, 4.69) is 30.2 Å². The molecule has 1 rings (SSSR count). The van der Waals surface area contributed by atoms with Crippen LogP contribution in [0.25, 0.3) is 0 Å². The van der Waals surface area contributed by atoms with Crippen LogP contribution >= 0.6 is 11.3 Å². The Morgan fingerprint density at radius 2 is 2.56 bits per heavy atom. The third-order valence-corrected chi connectivity index (χ3v) is 1.84. The molecule has 0 fully saturated rings. The largest absolute Gasteiger partial charge is 0.148 e. The van der Waals surface area contributed by atoms with Gasteiger partial charge in [0.25, 0.3) is 0 Å². The fraction of sp³-hybridized carbons (Fsp3) is 0.125. The highest BCUT2D eigenvalue weighted by Gasteiger charge is 1.85. The van der Waals surface area contributed by atoms with Crippen molar-refractivity contribution in [2.24, 2.45) is 0 Å². The van der Waals surface area contributed by atoms with Crippen LogP contribution in [-0.2, 0) is 6.42 Å². The minimum absolute atomic E-state index is 0.848. The van der Waals surface area contributed by atoms with Gasteiger partial charge in [0.05, 0.1) is 0 Å². The Labute approximate surface area is 59.5 Å². The maximum absolute atomic E-state index is 3.43. The summed E-state index contributed by atoms with van der Waals surface area (Å²) in [5, 5.41) is 2.06. The van der Waals surface area contributed by atoms with Crippen LogP contribution in [0.3, 0.4) is 0 Å². The first-order valence-electron chi connectivity index (χ1n) is 2.71. The molecule has 0 N–H and O–H groups in total. The molecule has 0 saturated heterocycles. The van der Waals surface area contributed by atoms with Crippen molar-refractivity contribution in [2.75, 3.05) is 0 Å². The first-order valence-corrected chi connectivity index (χ1v) is 3.59. The molecule has 0 aliphatic heterocycles. The Bertz CT molecular complexity index is 210. The third kappa shape index (κ3) is 1.91. The molecule has 1 aromatic heterocycles. The summed E-state index contributed by atoms with van der Waals surface area (Å²) in [6.07, 6.45) is 0.848. The molecule has 1 aromatic rings. The average molecular weight is 135 g/mol. The van der Waals surface area contributed by atoms with Crippen molar-refractivity contribution >= 4 is 11.3 Å². The second-order valence-electron chi connectivity index (χ2n) is 1.61. The van der Waals surface area contributed by atoms with E-state index in [-0.39, 0.29) is 0 Å². The van der Waals surface area contributed by atoms with Crippen LogP contribution in [0.2, 0.25) is 0 Å². The Balaban J connectivity index is 2.54. The average Bonchev–Trinajstić information content (AvgIpc) is 2.34. The van der Waals surface area contributed by atoms with E-state index >= 15 is 0 Å². The van der Waals surface area contributed by atoms with Gasteiger partial charge in [0.1, 0.15) is 0 Å². The van der Waals surface area contributed by atoms with Gasteiger partial charge in [-0.1, -0.05) is 12.0 Å². The summed E-state index contributed by atoms with van der Waals surface area (Å²) in [6, 6.07) is 4.11. The van der Waals surface area contributed by atoms with Gasteiger partial charge in [-0.3, -0.25) is 0 Å². The molecule has 45 valence electrons.